The van der Waals surface area contributed by atoms with Crippen molar-refractivity contribution in [1.29, 1.82) is 0 Å². The molecule has 166 valence electrons. The summed E-state index contributed by atoms with van der Waals surface area (Å²) in [7, 11) is 0. The molecule has 1 saturated carbocycles. The van der Waals surface area contributed by atoms with Gasteiger partial charge >= 0.3 is 12.1 Å². The molecule has 1 amide bonds. The maximum atomic E-state index is 12.3. The molecule has 30 heavy (non-hydrogen) atoms. The lowest BCUT2D eigenvalue weighted by molar-refractivity contribution is -0.142. The number of aryl methyl sites for hydroxylation is 1. The van der Waals surface area contributed by atoms with Crippen LogP contribution in [0.5, 0.6) is 5.75 Å². The molecule has 0 spiro atoms. The SMILES string of the molecule is C=C(C)C(=O)OCC(COc1ccc(C)cc1)OC(=O)NCC1CCC(CC)CC1. The second-order valence-electron chi connectivity index (χ2n) is 8.21. The topological polar surface area (TPSA) is 73.9 Å². The number of hydrogen-bond acceptors (Lipinski definition) is 5. The fourth-order valence-corrected chi connectivity index (χ4v) is 3.50. The Labute approximate surface area is 180 Å². The molecule has 1 aliphatic rings. The molecule has 1 fully saturated rings. The van der Waals surface area contributed by atoms with Crippen LogP contribution >= 0.6 is 0 Å². The number of carbonyl (C=O) groups excluding carboxylic acids is 2. The Morgan fingerprint density at radius 3 is 2.33 bits per heavy atom. The molecule has 1 atom stereocenters. The molecule has 0 aromatic heterocycles. The summed E-state index contributed by atoms with van der Waals surface area (Å²) in [5, 5.41) is 2.86. The summed E-state index contributed by atoms with van der Waals surface area (Å²) in [5.41, 5.74) is 1.42. The van der Waals surface area contributed by atoms with Gasteiger partial charge in [-0.2, -0.15) is 0 Å². The van der Waals surface area contributed by atoms with Gasteiger partial charge in [0.2, 0.25) is 0 Å². The zero-order valence-electron chi connectivity index (χ0n) is 18.4. The van der Waals surface area contributed by atoms with Crippen LogP contribution in [0, 0.1) is 18.8 Å². The largest absolute Gasteiger partial charge is 0.490 e. The lowest BCUT2D eigenvalue weighted by Gasteiger charge is -2.28. The van der Waals surface area contributed by atoms with Crippen molar-refractivity contribution in [3.8, 4) is 5.75 Å². The molecule has 0 saturated heterocycles. The van der Waals surface area contributed by atoms with E-state index < -0.39 is 18.2 Å². The van der Waals surface area contributed by atoms with E-state index in [1.807, 2.05) is 31.2 Å². The summed E-state index contributed by atoms with van der Waals surface area (Å²) in [5.74, 6) is 1.45. The van der Waals surface area contributed by atoms with Crippen molar-refractivity contribution >= 4 is 12.1 Å². The Hall–Kier alpha value is -2.50. The van der Waals surface area contributed by atoms with Gasteiger partial charge in [-0.05, 0) is 50.7 Å². The third kappa shape index (κ3) is 8.47. The minimum atomic E-state index is -0.717. The van der Waals surface area contributed by atoms with Crippen LogP contribution in [0.4, 0.5) is 4.79 Å². The first kappa shape index (κ1) is 23.8. The Morgan fingerprint density at radius 1 is 1.10 bits per heavy atom. The van der Waals surface area contributed by atoms with Crippen molar-refractivity contribution in [2.75, 3.05) is 19.8 Å². The second-order valence-corrected chi connectivity index (χ2v) is 8.21. The normalized spacial score (nSPS) is 19.4. The molecule has 0 aliphatic heterocycles. The number of alkyl carbamates (subject to hydrolysis) is 1. The van der Waals surface area contributed by atoms with Crippen molar-refractivity contribution < 1.29 is 23.8 Å². The van der Waals surface area contributed by atoms with Crippen molar-refractivity contribution in [3.05, 3.63) is 42.0 Å². The predicted molar refractivity (Wildman–Crippen MR) is 116 cm³/mol. The zero-order chi connectivity index (χ0) is 21.9. The first-order valence-electron chi connectivity index (χ1n) is 10.8. The van der Waals surface area contributed by atoms with E-state index in [2.05, 4.69) is 18.8 Å². The van der Waals surface area contributed by atoms with Gasteiger partial charge in [-0.15, -0.1) is 0 Å². The second kappa shape index (κ2) is 12.3. The maximum Gasteiger partial charge on any atom is 0.407 e. The molecule has 1 N–H and O–H groups in total. The van der Waals surface area contributed by atoms with E-state index in [-0.39, 0.29) is 13.2 Å². The molecular formula is C24H35NO5. The molecule has 6 nitrogen and oxygen atoms in total. The lowest BCUT2D eigenvalue weighted by atomic mass is 9.81. The fourth-order valence-electron chi connectivity index (χ4n) is 3.50. The first-order chi connectivity index (χ1) is 14.4. The minimum Gasteiger partial charge on any atom is -0.490 e. The highest BCUT2D eigenvalue weighted by molar-refractivity contribution is 5.86. The molecule has 1 aliphatic carbocycles. The van der Waals surface area contributed by atoms with Crippen LogP contribution in [0.25, 0.3) is 0 Å². The quantitative estimate of drug-likeness (QED) is 0.437. The average molecular weight is 418 g/mol. The standard InChI is InChI=1S/C24H35NO5/c1-5-19-8-10-20(11-9-19)14-25-24(27)30-22(16-29-23(26)17(2)3)15-28-21-12-6-18(4)7-13-21/h6-7,12-13,19-20,22H,2,5,8-11,14-16H2,1,3-4H3,(H,25,27). The van der Waals surface area contributed by atoms with Crippen molar-refractivity contribution in [1.82, 2.24) is 5.32 Å². The van der Waals surface area contributed by atoms with Gasteiger partial charge in [-0.25, -0.2) is 9.59 Å². The number of hydrogen-bond donors (Lipinski definition) is 1. The Balaban J connectivity index is 1.82. The number of carbonyl (C=O) groups is 2. The molecule has 0 bridgehead atoms. The highest BCUT2D eigenvalue weighted by Gasteiger charge is 2.22. The monoisotopic (exact) mass is 417 g/mol. The third-order valence-corrected chi connectivity index (χ3v) is 5.56. The van der Waals surface area contributed by atoms with Crippen LogP contribution in [0.1, 0.15) is 51.5 Å². The summed E-state index contributed by atoms with van der Waals surface area (Å²) in [6.45, 7) is 9.96. The number of esters is 1. The molecule has 2 rings (SSSR count). The van der Waals surface area contributed by atoms with Crippen LogP contribution in [-0.4, -0.2) is 37.9 Å². The third-order valence-electron chi connectivity index (χ3n) is 5.56. The molecular weight excluding hydrogens is 382 g/mol. The summed E-state index contributed by atoms with van der Waals surface area (Å²) in [6, 6.07) is 7.57. The molecule has 0 radical (unpaired) electrons. The minimum absolute atomic E-state index is 0.0849. The first-order valence-corrected chi connectivity index (χ1v) is 10.8. The average Bonchev–Trinajstić information content (AvgIpc) is 2.75. The molecule has 6 heteroatoms. The van der Waals surface area contributed by atoms with Crippen LogP contribution in [-0.2, 0) is 14.3 Å². The number of amides is 1. The van der Waals surface area contributed by atoms with E-state index in [1.54, 1.807) is 6.92 Å². The fraction of sp³-hybridized carbons (Fsp3) is 0.583. The summed E-state index contributed by atoms with van der Waals surface area (Å²) in [4.78, 5) is 24.0. The number of benzene rings is 1. The van der Waals surface area contributed by atoms with Gasteiger partial charge in [0.1, 0.15) is 19.0 Å². The summed E-state index contributed by atoms with van der Waals surface area (Å²) >= 11 is 0. The van der Waals surface area contributed by atoms with Crippen LogP contribution in [0.15, 0.2) is 36.4 Å². The molecule has 0 heterocycles. The van der Waals surface area contributed by atoms with Crippen molar-refractivity contribution in [2.45, 2.75) is 59.0 Å². The van der Waals surface area contributed by atoms with E-state index >= 15 is 0 Å². The predicted octanol–water partition coefficient (Wildman–Crippen LogP) is 4.80. The molecule has 1 aromatic rings. The smallest absolute Gasteiger partial charge is 0.407 e. The number of rotatable bonds is 10. The van der Waals surface area contributed by atoms with E-state index in [1.165, 1.54) is 19.3 Å². The zero-order valence-corrected chi connectivity index (χ0v) is 18.4. The Bertz CT molecular complexity index is 692. The van der Waals surface area contributed by atoms with Gasteiger partial charge in [0.05, 0.1) is 0 Å². The summed E-state index contributed by atoms with van der Waals surface area (Å²) < 4.78 is 16.4. The van der Waals surface area contributed by atoms with E-state index in [9.17, 15) is 9.59 Å². The van der Waals surface area contributed by atoms with Crippen LogP contribution in [0.2, 0.25) is 0 Å². The lowest BCUT2D eigenvalue weighted by Crippen LogP contribution is -2.38. The van der Waals surface area contributed by atoms with Crippen LogP contribution in [0.3, 0.4) is 0 Å². The molecule has 1 aromatic carbocycles. The van der Waals surface area contributed by atoms with Gasteiger partial charge in [0.15, 0.2) is 6.10 Å². The van der Waals surface area contributed by atoms with Crippen molar-refractivity contribution in [3.63, 3.8) is 0 Å². The Kier molecular flexibility index (Phi) is 9.71. The number of ether oxygens (including phenoxy) is 3. The van der Waals surface area contributed by atoms with Crippen molar-refractivity contribution in [2.24, 2.45) is 11.8 Å². The highest BCUT2D eigenvalue weighted by atomic mass is 16.6. The van der Waals surface area contributed by atoms with Gasteiger partial charge < -0.3 is 19.5 Å². The Morgan fingerprint density at radius 2 is 1.73 bits per heavy atom. The van der Waals surface area contributed by atoms with E-state index in [0.29, 0.717) is 23.8 Å². The van der Waals surface area contributed by atoms with Gasteiger partial charge in [0, 0.05) is 12.1 Å². The van der Waals surface area contributed by atoms with Gasteiger partial charge in [-0.3, -0.25) is 0 Å². The maximum absolute atomic E-state index is 12.3. The summed E-state index contributed by atoms with van der Waals surface area (Å²) in [6.07, 6.45) is 4.71. The van der Waals surface area contributed by atoms with E-state index in [4.69, 9.17) is 14.2 Å². The number of nitrogens with one attached hydrogen (secondary N) is 1. The van der Waals surface area contributed by atoms with Gasteiger partial charge in [0.25, 0.3) is 0 Å². The van der Waals surface area contributed by atoms with E-state index in [0.717, 1.165) is 24.3 Å². The van der Waals surface area contributed by atoms with Crippen LogP contribution < -0.4 is 10.1 Å². The van der Waals surface area contributed by atoms with Gasteiger partial charge in [-0.1, -0.05) is 50.5 Å². The highest BCUT2D eigenvalue weighted by Crippen LogP contribution is 2.30. The molecule has 1 unspecified atom stereocenters.